The van der Waals surface area contributed by atoms with Crippen LogP contribution in [0, 0.1) is 21.4 Å². The monoisotopic (exact) mass is 425 g/mol. The van der Waals surface area contributed by atoms with Gasteiger partial charge in [0.2, 0.25) is 11.8 Å². The van der Waals surface area contributed by atoms with Gasteiger partial charge in [0.25, 0.3) is 5.69 Å². The number of rotatable bonds is 4. The zero-order chi connectivity index (χ0) is 22.2. The molecule has 0 spiro atoms. The van der Waals surface area contributed by atoms with E-state index in [9.17, 15) is 15.4 Å². The molecule has 0 bridgehead atoms. The Balaban J connectivity index is 1.86. The van der Waals surface area contributed by atoms with E-state index in [1.54, 1.807) is 35.0 Å². The summed E-state index contributed by atoms with van der Waals surface area (Å²) in [6.45, 7) is 0. The first kappa shape index (κ1) is 19.1. The number of nitro groups is 1. The van der Waals surface area contributed by atoms with Crippen LogP contribution in [0.5, 0.6) is 5.88 Å². The standard InChI is InChI=1S/C23H15N5O4/c24-13-16-19(15-9-4-5-10-17(15)28(29)30)20-21(18-11-6-12-31-18)26-27(23(20)32-22(16)25)14-7-2-1-3-8-14/h1-12,19H,25H2. The number of hydrogen-bond donors (Lipinski definition) is 1. The van der Waals surface area contributed by atoms with Crippen LogP contribution in [0.2, 0.25) is 0 Å². The van der Waals surface area contributed by atoms with E-state index < -0.39 is 10.8 Å². The number of nitrogens with zero attached hydrogens (tertiary/aromatic N) is 4. The summed E-state index contributed by atoms with van der Waals surface area (Å²) >= 11 is 0. The summed E-state index contributed by atoms with van der Waals surface area (Å²) in [5, 5.41) is 26.4. The van der Waals surface area contributed by atoms with Crippen LogP contribution < -0.4 is 10.5 Å². The van der Waals surface area contributed by atoms with Crippen LogP contribution in [0.25, 0.3) is 17.1 Å². The summed E-state index contributed by atoms with van der Waals surface area (Å²) in [7, 11) is 0. The van der Waals surface area contributed by atoms with Gasteiger partial charge in [-0.05, 0) is 24.3 Å². The van der Waals surface area contributed by atoms with Gasteiger partial charge >= 0.3 is 0 Å². The molecule has 2 aromatic heterocycles. The summed E-state index contributed by atoms with van der Waals surface area (Å²) in [4.78, 5) is 11.3. The van der Waals surface area contributed by atoms with Crippen molar-refractivity contribution in [2.75, 3.05) is 0 Å². The number of para-hydroxylation sites is 2. The molecule has 5 rings (SSSR count). The largest absolute Gasteiger partial charge is 0.463 e. The van der Waals surface area contributed by atoms with Crippen molar-refractivity contribution in [2.24, 2.45) is 5.73 Å². The predicted molar refractivity (Wildman–Crippen MR) is 114 cm³/mol. The zero-order valence-corrected chi connectivity index (χ0v) is 16.5. The van der Waals surface area contributed by atoms with E-state index in [0.717, 1.165) is 0 Å². The molecule has 0 saturated heterocycles. The summed E-state index contributed by atoms with van der Waals surface area (Å²) < 4.78 is 13.0. The highest BCUT2D eigenvalue weighted by Gasteiger charge is 2.40. The fraction of sp³-hybridized carbons (Fsp3) is 0.0435. The fourth-order valence-corrected chi connectivity index (χ4v) is 3.89. The topological polar surface area (TPSA) is 133 Å². The quantitative estimate of drug-likeness (QED) is 0.381. The highest BCUT2D eigenvalue weighted by atomic mass is 16.6. The number of aromatic nitrogens is 2. The second-order valence-electron chi connectivity index (χ2n) is 7.03. The van der Waals surface area contributed by atoms with Crippen LogP contribution in [0.4, 0.5) is 5.69 Å². The van der Waals surface area contributed by atoms with Crippen molar-refractivity contribution < 1.29 is 14.1 Å². The highest BCUT2D eigenvalue weighted by molar-refractivity contribution is 5.70. The van der Waals surface area contributed by atoms with Crippen molar-refractivity contribution in [1.82, 2.24) is 9.78 Å². The number of nitro benzene ring substituents is 1. The molecule has 2 N–H and O–H groups in total. The molecule has 0 amide bonds. The zero-order valence-electron chi connectivity index (χ0n) is 16.5. The van der Waals surface area contributed by atoms with Crippen LogP contribution >= 0.6 is 0 Å². The van der Waals surface area contributed by atoms with Crippen LogP contribution in [0.3, 0.4) is 0 Å². The van der Waals surface area contributed by atoms with E-state index in [2.05, 4.69) is 6.07 Å². The van der Waals surface area contributed by atoms with E-state index in [-0.39, 0.29) is 23.0 Å². The molecule has 32 heavy (non-hydrogen) atoms. The second-order valence-corrected chi connectivity index (χ2v) is 7.03. The van der Waals surface area contributed by atoms with Gasteiger partial charge in [0.1, 0.15) is 17.3 Å². The van der Waals surface area contributed by atoms with Gasteiger partial charge < -0.3 is 14.9 Å². The van der Waals surface area contributed by atoms with E-state index in [1.807, 2.05) is 30.3 Å². The van der Waals surface area contributed by atoms with Crippen molar-refractivity contribution in [2.45, 2.75) is 5.92 Å². The number of nitrogens with two attached hydrogens (primary N) is 1. The van der Waals surface area contributed by atoms with Gasteiger partial charge in [-0.3, -0.25) is 10.1 Å². The molecule has 1 aliphatic heterocycles. The Bertz CT molecular complexity index is 1400. The summed E-state index contributed by atoms with van der Waals surface area (Å²) in [5.74, 6) is -0.308. The number of nitriles is 1. The highest BCUT2D eigenvalue weighted by Crippen LogP contribution is 2.49. The Morgan fingerprint density at radius 3 is 2.53 bits per heavy atom. The normalized spacial score (nSPS) is 15.0. The minimum atomic E-state index is -0.872. The maximum Gasteiger partial charge on any atom is 0.273 e. The Morgan fingerprint density at radius 1 is 1.09 bits per heavy atom. The molecular formula is C23H15N5O4. The summed E-state index contributed by atoms with van der Waals surface area (Å²) in [6.07, 6.45) is 1.50. The second kappa shape index (κ2) is 7.45. The molecule has 3 heterocycles. The van der Waals surface area contributed by atoms with E-state index in [1.165, 1.54) is 12.3 Å². The first-order valence-electron chi connectivity index (χ1n) is 9.63. The number of benzene rings is 2. The Hall–Kier alpha value is -4.84. The number of fused-ring (bicyclic) bond motifs is 1. The van der Waals surface area contributed by atoms with Crippen LogP contribution in [0.1, 0.15) is 17.0 Å². The van der Waals surface area contributed by atoms with E-state index in [0.29, 0.717) is 28.3 Å². The smallest absolute Gasteiger partial charge is 0.273 e. The molecular weight excluding hydrogens is 410 g/mol. The average Bonchev–Trinajstić information content (AvgIpc) is 3.47. The minimum Gasteiger partial charge on any atom is -0.463 e. The van der Waals surface area contributed by atoms with Crippen LogP contribution in [-0.2, 0) is 0 Å². The van der Waals surface area contributed by atoms with Crippen LogP contribution in [-0.4, -0.2) is 14.7 Å². The first-order chi connectivity index (χ1) is 15.6. The number of furan rings is 1. The number of ether oxygens (including phenoxy) is 1. The van der Waals surface area contributed by atoms with Crippen LogP contribution in [0.15, 0.2) is 88.9 Å². The van der Waals surface area contributed by atoms with E-state index in [4.69, 9.17) is 20.0 Å². The van der Waals surface area contributed by atoms with Gasteiger partial charge in [0, 0.05) is 11.6 Å². The molecule has 4 aromatic rings. The van der Waals surface area contributed by atoms with Gasteiger partial charge in [0.15, 0.2) is 5.76 Å². The van der Waals surface area contributed by atoms with E-state index >= 15 is 0 Å². The lowest BCUT2D eigenvalue weighted by molar-refractivity contribution is -0.385. The molecule has 0 saturated carbocycles. The van der Waals surface area contributed by atoms with Crippen molar-refractivity contribution in [1.29, 1.82) is 5.26 Å². The summed E-state index contributed by atoms with van der Waals surface area (Å²) in [6, 6.07) is 21.0. The lowest BCUT2D eigenvalue weighted by atomic mass is 9.83. The maximum absolute atomic E-state index is 11.8. The molecule has 2 aromatic carbocycles. The maximum atomic E-state index is 11.8. The van der Waals surface area contributed by atoms with Gasteiger partial charge in [0.05, 0.1) is 28.4 Å². The molecule has 0 aliphatic carbocycles. The molecule has 1 unspecified atom stereocenters. The average molecular weight is 425 g/mol. The number of allylic oxidation sites excluding steroid dienone is 1. The molecule has 1 aliphatic rings. The van der Waals surface area contributed by atoms with Crippen molar-refractivity contribution in [3.05, 3.63) is 106 Å². The molecule has 0 radical (unpaired) electrons. The van der Waals surface area contributed by atoms with Crippen molar-refractivity contribution >= 4 is 5.69 Å². The van der Waals surface area contributed by atoms with Gasteiger partial charge in [-0.2, -0.15) is 15.0 Å². The predicted octanol–water partition coefficient (Wildman–Crippen LogP) is 4.26. The molecule has 1 atom stereocenters. The Labute approximate surface area is 181 Å². The van der Waals surface area contributed by atoms with Gasteiger partial charge in [-0.1, -0.05) is 36.4 Å². The minimum absolute atomic E-state index is 0.0622. The summed E-state index contributed by atoms with van der Waals surface area (Å²) in [5.41, 5.74) is 7.92. The Kier molecular flexibility index (Phi) is 4.45. The lowest BCUT2D eigenvalue weighted by Crippen LogP contribution is -2.22. The van der Waals surface area contributed by atoms with Gasteiger partial charge in [-0.25, -0.2) is 0 Å². The van der Waals surface area contributed by atoms with Gasteiger partial charge in [-0.15, -0.1) is 0 Å². The van der Waals surface area contributed by atoms with Crippen molar-refractivity contribution in [3.8, 4) is 29.1 Å². The first-order valence-corrected chi connectivity index (χ1v) is 9.63. The lowest BCUT2D eigenvalue weighted by Gasteiger charge is -2.24. The molecule has 9 heteroatoms. The third-order valence-electron chi connectivity index (χ3n) is 5.25. The molecule has 156 valence electrons. The number of hydrogen-bond acceptors (Lipinski definition) is 7. The fourth-order valence-electron chi connectivity index (χ4n) is 3.89. The Morgan fingerprint density at radius 2 is 1.84 bits per heavy atom. The molecule has 0 fully saturated rings. The third-order valence-corrected chi connectivity index (χ3v) is 5.25. The molecule has 9 nitrogen and oxygen atoms in total. The SMILES string of the molecule is N#CC1=C(N)Oc2c(c(-c3ccco3)nn2-c2ccccc2)C1c1ccccc1[N+](=O)[O-]. The van der Waals surface area contributed by atoms with Crippen molar-refractivity contribution in [3.63, 3.8) is 0 Å². The third kappa shape index (κ3) is 2.90.